The average molecular weight is 623 g/mol. The Balaban J connectivity index is 1.39. The van der Waals surface area contributed by atoms with Crippen LogP contribution < -0.4 is 10.4 Å². The van der Waals surface area contributed by atoms with Crippen molar-refractivity contribution in [1.29, 1.82) is 0 Å². The quantitative estimate of drug-likeness (QED) is 0.183. The third kappa shape index (κ3) is 4.55. The van der Waals surface area contributed by atoms with Crippen LogP contribution in [0.3, 0.4) is 0 Å². The summed E-state index contributed by atoms with van der Waals surface area (Å²) in [5.41, 5.74) is 11.3. The second kappa shape index (κ2) is 11.2. The largest absolute Gasteiger partial charge is 0.134 e. The molecular weight excluding hydrogens is 585 g/mol. The Kier molecular flexibility index (Phi) is 6.80. The van der Waals surface area contributed by atoms with Gasteiger partial charge >= 0.3 is 0 Å². The molecule has 0 saturated carbocycles. The van der Waals surface area contributed by atoms with E-state index in [1.165, 1.54) is 69.9 Å². The molecule has 1 heteroatoms. The molecule has 5 aromatic carbocycles. The molecule has 1 aromatic heterocycles. The van der Waals surface area contributed by atoms with Gasteiger partial charge in [-0.05, 0) is 73.5 Å². The molecule has 1 heterocycles. The molecule has 3 aliphatic carbocycles. The van der Waals surface area contributed by atoms with Gasteiger partial charge in [0.1, 0.15) is 0 Å². The van der Waals surface area contributed by atoms with Gasteiger partial charge in [-0.1, -0.05) is 166 Å². The van der Waals surface area contributed by atoms with Crippen molar-refractivity contribution in [2.75, 3.05) is 0 Å². The highest BCUT2D eigenvalue weighted by Gasteiger charge is 2.47. The smallest absolute Gasteiger partial charge is 0.0430 e. The van der Waals surface area contributed by atoms with Crippen LogP contribution in [-0.2, 0) is 0 Å². The summed E-state index contributed by atoms with van der Waals surface area (Å²) in [6.45, 7) is 4.94. The van der Waals surface area contributed by atoms with E-state index in [-0.39, 0.29) is 5.41 Å². The first-order valence-electron chi connectivity index (χ1n) is 17.1. The Bertz CT molecular complexity index is 2340. The lowest BCUT2D eigenvalue weighted by Gasteiger charge is -2.48. The summed E-state index contributed by atoms with van der Waals surface area (Å²) >= 11 is 2.02. The van der Waals surface area contributed by atoms with Crippen LogP contribution in [0.4, 0.5) is 0 Å². The van der Waals surface area contributed by atoms with Gasteiger partial charge in [0.15, 0.2) is 0 Å². The van der Waals surface area contributed by atoms with E-state index in [4.69, 9.17) is 0 Å². The van der Waals surface area contributed by atoms with Crippen molar-refractivity contribution >= 4 is 39.1 Å². The lowest BCUT2D eigenvalue weighted by Crippen LogP contribution is -2.36. The highest BCUT2D eigenvalue weighted by Crippen LogP contribution is 2.61. The van der Waals surface area contributed by atoms with Gasteiger partial charge in [-0.25, -0.2) is 0 Å². The predicted octanol–water partition coefficient (Wildman–Crippen LogP) is 10.9. The second-order valence-corrected chi connectivity index (χ2v) is 14.9. The zero-order valence-corrected chi connectivity index (χ0v) is 27.8. The monoisotopic (exact) mass is 622 g/mol. The molecule has 6 aromatic rings. The van der Waals surface area contributed by atoms with Gasteiger partial charge in [0.25, 0.3) is 0 Å². The highest BCUT2D eigenvalue weighted by molar-refractivity contribution is 7.21. The summed E-state index contributed by atoms with van der Waals surface area (Å²) in [4.78, 5) is 1.44. The molecule has 3 aliphatic rings. The molecular formula is C46H38S. The van der Waals surface area contributed by atoms with Gasteiger partial charge in [-0.15, -0.1) is 11.3 Å². The van der Waals surface area contributed by atoms with E-state index in [2.05, 4.69) is 166 Å². The van der Waals surface area contributed by atoms with Crippen LogP contribution in [0.1, 0.15) is 65.7 Å². The standard InChI is InChI=1S/C46H38S/c1-30-24-27-40-42(37-20-11-12-21-38(37)43(46(40,2)29-30)33-17-7-4-8-18-33)45-41(35-26-25-31-14-9-10-19-34(31)28-35)39-23-13-22-36(44(39)47-45)32-15-5-3-6-16-32/h3-25,27-28,30,35,43H,26,29H2,1-2H3. The van der Waals surface area contributed by atoms with Gasteiger partial charge in [-0.3, -0.25) is 0 Å². The SMILES string of the molecule is CC1C=CC2=C(c3sc4c(-c5ccccc5)cccc4c3C3C=c4ccccc4=CC3)c3ccccc3C(c3ccccc3)C2(C)C1. The van der Waals surface area contributed by atoms with Gasteiger partial charge in [0, 0.05) is 32.4 Å². The first kappa shape index (κ1) is 28.5. The van der Waals surface area contributed by atoms with E-state index in [9.17, 15) is 0 Å². The number of rotatable bonds is 4. The van der Waals surface area contributed by atoms with Crippen molar-refractivity contribution in [2.24, 2.45) is 11.3 Å². The van der Waals surface area contributed by atoms with Crippen molar-refractivity contribution < 1.29 is 0 Å². The zero-order chi connectivity index (χ0) is 31.5. The minimum Gasteiger partial charge on any atom is -0.134 e. The van der Waals surface area contributed by atoms with Crippen molar-refractivity contribution in [3.8, 4) is 11.1 Å². The fraction of sp³-hybridized carbons (Fsp3) is 0.174. The van der Waals surface area contributed by atoms with Crippen LogP contribution in [0.25, 0.3) is 38.9 Å². The van der Waals surface area contributed by atoms with Crippen molar-refractivity contribution in [1.82, 2.24) is 0 Å². The fourth-order valence-electron chi connectivity index (χ4n) is 8.97. The Labute approximate surface area is 281 Å². The molecule has 0 amide bonds. The van der Waals surface area contributed by atoms with Crippen LogP contribution >= 0.6 is 11.3 Å². The predicted molar refractivity (Wildman–Crippen MR) is 201 cm³/mol. The third-order valence-electron chi connectivity index (χ3n) is 10.9. The number of hydrogen-bond acceptors (Lipinski definition) is 1. The van der Waals surface area contributed by atoms with Gasteiger partial charge in [-0.2, -0.15) is 0 Å². The Morgan fingerprint density at radius 3 is 2.23 bits per heavy atom. The molecule has 0 saturated heterocycles. The highest BCUT2D eigenvalue weighted by atomic mass is 32.1. The average Bonchev–Trinajstić information content (AvgIpc) is 3.50. The molecule has 0 nitrogen and oxygen atoms in total. The summed E-state index contributed by atoms with van der Waals surface area (Å²) in [5, 5.41) is 4.09. The lowest BCUT2D eigenvalue weighted by atomic mass is 9.55. The van der Waals surface area contributed by atoms with Crippen molar-refractivity contribution in [2.45, 2.75) is 38.5 Å². The molecule has 0 N–H and O–H groups in total. The number of benzene rings is 5. The molecule has 4 atom stereocenters. The third-order valence-corrected chi connectivity index (χ3v) is 12.2. The lowest BCUT2D eigenvalue weighted by molar-refractivity contribution is 0.282. The first-order chi connectivity index (χ1) is 23.1. The number of allylic oxidation sites excluding steroid dienone is 3. The van der Waals surface area contributed by atoms with Crippen molar-refractivity contribution in [3.05, 3.63) is 183 Å². The Morgan fingerprint density at radius 2 is 1.40 bits per heavy atom. The van der Waals surface area contributed by atoms with E-state index in [1.54, 1.807) is 0 Å². The Morgan fingerprint density at radius 1 is 0.702 bits per heavy atom. The summed E-state index contributed by atoms with van der Waals surface area (Å²) in [7, 11) is 0. The number of hydrogen-bond donors (Lipinski definition) is 0. The first-order valence-corrected chi connectivity index (χ1v) is 17.9. The minimum absolute atomic E-state index is 0.0378. The normalized spacial score (nSPS) is 23.0. The maximum atomic E-state index is 2.55. The van der Waals surface area contributed by atoms with E-state index < -0.39 is 0 Å². The molecule has 0 spiro atoms. The van der Waals surface area contributed by atoms with Crippen LogP contribution in [0.2, 0.25) is 0 Å². The van der Waals surface area contributed by atoms with E-state index >= 15 is 0 Å². The van der Waals surface area contributed by atoms with E-state index in [0.717, 1.165) is 12.8 Å². The summed E-state index contributed by atoms with van der Waals surface area (Å²) in [6, 6.07) is 47.4. The second-order valence-electron chi connectivity index (χ2n) is 13.9. The van der Waals surface area contributed by atoms with E-state index in [1.807, 2.05) is 11.3 Å². The molecule has 0 aliphatic heterocycles. The Hall–Kier alpha value is -4.72. The molecule has 47 heavy (non-hydrogen) atoms. The summed E-state index contributed by atoms with van der Waals surface area (Å²) in [6.07, 6.45) is 12.1. The van der Waals surface area contributed by atoms with Crippen molar-refractivity contribution in [3.63, 3.8) is 0 Å². The van der Waals surface area contributed by atoms with Crippen LogP contribution in [0, 0.1) is 11.3 Å². The molecule has 0 bridgehead atoms. The summed E-state index contributed by atoms with van der Waals surface area (Å²) in [5.74, 6) is 1.11. The maximum absolute atomic E-state index is 2.55. The summed E-state index contributed by atoms with van der Waals surface area (Å²) < 4.78 is 1.39. The van der Waals surface area contributed by atoms with Gasteiger partial charge in [0.2, 0.25) is 0 Å². The molecule has 228 valence electrons. The van der Waals surface area contributed by atoms with Crippen LogP contribution in [-0.4, -0.2) is 0 Å². The number of fused-ring (bicyclic) bond motifs is 4. The van der Waals surface area contributed by atoms with Gasteiger partial charge in [0.05, 0.1) is 0 Å². The van der Waals surface area contributed by atoms with E-state index in [0.29, 0.717) is 17.8 Å². The zero-order valence-electron chi connectivity index (χ0n) is 27.0. The molecule has 0 radical (unpaired) electrons. The molecule has 0 fully saturated rings. The minimum atomic E-state index is -0.0378. The number of thiophene rings is 1. The molecule has 4 unspecified atom stereocenters. The fourth-order valence-corrected chi connectivity index (χ4v) is 10.4. The van der Waals surface area contributed by atoms with Crippen LogP contribution in [0.5, 0.6) is 0 Å². The van der Waals surface area contributed by atoms with Crippen LogP contribution in [0.15, 0.2) is 145 Å². The maximum Gasteiger partial charge on any atom is 0.0430 e. The topological polar surface area (TPSA) is 0 Å². The van der Waals surface area contributed by atoms with Gasteiger partial charge < -0.3 is 0 Å². The molecule has 9 rings (SSSR count).